The zero-order valence-electron chi connectivity index (χ0n) is 7.41. The lowest BCUT2D eigenvalue weighted by atomic mass is 10.2. The highest BCUT2D eigenvalue weighted by atomic mass is 32.1. The molecule has 0 amide bonds. The van der Waals surface area contributed by atoms with Crippen LogP contribution >= 0.6 is 22.7 Å². The molecule has 0 saturated carbocycles. The van der Waals surface area contributed by atoms with E-state index in [2.05, 4.69) is 42.5 Å². The minimum Gasteiger partial charge on any atom is -0.144 e. The standard InChI is InChI=1S/C11H10S2/c1-8-3-5-13-11(8)7-10-4-6-12-9(10)2/h3-7H,2H2,1H3/b10-7-. The summed E-state index contributed by atoms with van der Waals surface area (Å²) in [5.74, 6) is 0. The molecule has 0 N–H and O–H groups in total. The van der Waals surface area contributed by atoms with Crippen molar-refractivity contribution in [2.45, 2.75) is 6.92 Å². The second kappa shape index (κ2) is 3.48. The van der Waals surface area contributed by atoms with Crippen LogP contribution in [0.4, 0.5) is 0 Å². The van der Waals surface area contributed by atoms with Gasteiger partial charge in [-0.25, -0.2) is 0 Å². The number of hydrogen-bond acceptors (Lipinski definition) is 2. The Hall–Kier alpha value is -0.860. The topological polar surface area (TPSA) is 0 Å². The van der Waals surface area contributed by atoms with E-state index in [9.17, 15) is 0 Å². The van der Waals surface area contributed by atoms with E-state index >= 15 is 0 Å². The van der Waals surface area contributed by atoms with Crippen LogP contribution in [0.5, 0.6) is 0 Å². The zero-order valence-corrected chi connectivity index (χ0v) is 9.04. The highest BCUT2D eigenvalue weighted by molar-refractivity contribution is 7.11. The molecular weight excluding hydrogens is 196 g/mol. The first-order valence-corrected chi connectivity index (χ1v) is 5.81. The van der Waals surface area contributed by atoms with Gasteiger partial charge in [-0.2, -0.15) is 0 Å². The Balaban J connectivity index is 2.60. The second-order valence-electron chi connectivity index (χ2n) is 2.91. The summed E-state index contributed by atoms with van der Waals surface area (Å²) in [6.07, 6.45) is 2.21. The van der Waals surface area contributed by atoms with Gasteiger partial charge in [0.2, 0.25) is 0 Å². The summed E-state index contributed by atoms with van der Waals surface area (Å²) in [6.45, 7) is 6.12. The average Bonchev–Trinajstić information content (AvgIpc) is 2.65. The molecule has 2 aromatic heterocycles. The normalized spacial score (nSPS) is 12.2. The van der Waals surface area contributed by atoms with Crippen LogP contribution in [0.1, 0.15) is 10.4 Å². The fourth-order valence-electron chi connectivity index (χ4n) is 1.15. The summed E-state index contributed by atoms with van der Waals surface area (Å²) in [5, 5.41) is 5.45. The van der Waals surface area contributed by atoms with Crippen molar-refractivity contribution >= 4 is 35.3 Å². The molecule has 0 saturated heterocycles. The summed E-state index contributed by atoms with van der Waals surface area (Å²) in [4.78, 5) is 1.34. The maximum atomic E-state index is 3.98. The van der Waals surface area contributed by atoms with Gasteiger partial charge in [0.05, 0.1) is 0 Å². The van der Waals surface area contributed by atoms with E-state index in [0.717, 1.165) is 4.53 Å². The molecule has 66 valence electrons. The molecule has 0 bridgehead atoms. The highest BCUT2D eigenvalue weighted by Gasteiger charge is 1.94. The third-order valence-electron chi connectivity index (χ3n) is 1.97. The number of aryl methyl sites for hydroxylation is 1. The van der Waals surface area contributed by atoms with E-state index < -0.39 is 0 Å². The van der Waals surface area contributed by atoms with Crippen molar-refractivity contribution in [3.63, 3.8) is 0 Å². The van der Waals surface area contributed by atoms with E-state index in [-0.39, 0.29) is 0 Å². The first kappa shape index (κ1) is 8.73. The molecule has 2 rings (SSSR count). The Morgan fingerprint density at radius 2 is 2.00 bits per heavy atom. The van der Waals surface area contributed by atoms with Crippen LogP contribution in [0.2, 0.25) is 0 Å². The van der Waals surface area contributed by atoms with Gasteiger partial charge < -0.3 is 0 Å². The van der Waals surface area contributed by atoms with Gasteiger partial charge in [-0.3, -0.25) is 0 Å². The molecule has 0 aliphatic heterocycles. The molecule has 0 aliphatic carbocycles. The van der Waals surface area contributed by atoms with Crippen LogP contribution in [0.25, 0.3) is 12.7 Å². The lowest BCUT2D eigenvalue weighted by molar-refractivity contribution is 1.53. The Bertz CT molecular complexity index is 502. The van der Waals surface area contributed by atoms with Crippen LogP contribution < -0.4 is 9.75 Å². The summed E-state index contributed by atoms with van der Waals surface area (Å²) < 4.78 is 1.15. The zero-order chi connectivity index (χ0) is 9.26. The van der Waals surface area contributed by atoms with Gasteiger partial charge in [0, 0.05) is 9.41 Å². The van der Waals surface area contributed by atoms with Crippen molar-refractivity contribution in [1.29, 1.82) is 0 Å². The smallest absolute Gasteiger partial charge is 0.0305 e. The number of hydrogen-bond donors (Lipinski definition) is 0. The lowest BCUT2D eigenvalue weighted by Gasteiger charge is -1.86. The van der Waals surface area contributed by atoms with Crippen LogP contribution in [0.3, 0.4) is 0 Å². The van der Waals surface area contributed by atoms with Gasteiger partial charge in [-0.05, 0) is 46.7 Å². The maximum Gasteiger partial charge on any atom is 0.0305 e. The van der Waals surface area contributed by atoms with E-state index in [0.29, 0.717) is 0 Å². The Morgan fingerprint density at radius 1 is 1.23 bits per heavy atom. The molecule has 0 aromatic carbocycles. The first-order valence-electron chi connectivity index (χ1n) is 4.05. The van der Waals surface area contributed by atoms with Gasteiger partial charge >= 0.3 is 0 Å². The third kappa shape index (κ3) is 1.74. The van der Waals surface area contributed by atoms with Crippen molar-refractivity contribution in [3.8, 4) is 0 Å². The molecule has 0 radical (unpaired) electrons. The molecule has 2 heterocycles. The molecular formula is C11H10S2. The number of rotatable bonds is 1. The molecule has 0 fully saturated rings. The Morgan fingerprint density at radius 3 is 2.54 bits per heavy atom. The van der Waals surface area contributed by atoms with Crippen molar-refractivity contribution in [1.82, 2.24) is 0 Å². The van der Waals surface area contributed by atoms with Crippen molar-refractivity contribution in [2.24, 2.45) is 0 Å². The summed E-state index contributed by atoms with van der Waals surface area (Å²) in [6, 6.07) is 4.26. The second-order valence-corrected chi connectivity index (χ2v) is 4.86. The predicted molar refractivity (Wildman–Crippen MR) is 61.7 cm³/mol. The van der Waals surface area contributed by atoms with E-state index in [4.69, 9.17) is 0 Å². The molecule has 0 unspecified atom stereocenters. The fraction of sp³-hybridized carbons (Fsp3) is 0.0909. The van der Waals surface area contributed by atoms with Crippen LogP contribution in [0.15, 0.2) is 22.9 Å². The highest BCUT2D eigenvalue weighted by Crippen LogP contribution is 2.15. The SMILES string of the molecule is C=c1scc/c1=C/c1sccc1C. The summed E-state index contributed by atoms with van der Waals surface area (Å²) >= 11 is 3.47. The molecule has 0 nitrogen and oxygen atoms in total. The monoisotopic (exact) mass is 206 g/mol. The fourth-order valence-corrected chi connectivity index (χ4v) is 2.66. The van der Waals surface area contributed by atoms with Crippen molar-refractivity contribution in [3.05, 3.63) is 43.1 Å². The number of thiophene rings is 2. The molecule has 0 spiro atoms. The molecule has 0 aliphatic rings. The van der Waals surface area contributed by atoms with E-state index in [1.807, 2.05) is 0 Å². The quantitative estimate of drug-likeness (QED) is 0.672. The Labute approximate surface area is 85.5 Å². The average molecular weight is 206 g/mol. The predicted octanol–water partition coefficient (Wildman–Crippen LogP) is 2.36. The summed E-state index contributed by atoms with van der Waals surface area (Å²) in [5.41, 5.74) is 1.34. The molecule has 0 atom stereocenters. The lowest BCUT2D eigenvalue weighted by Crippen LogP contribution is -2.15. The van der Waals surface area contributed by atoms with Crippen molar-refractivity contribution < 1.29 is 0 Å². The van der Waals surface area contributed by atoms with Gasteiger partial charge in [0.15, 0.2) is 0 Å². The maximum absolute atomic E-state index is 3.98. The molecule has 2 aromatic rings. The van der Waals surface area contributed by atoms with Crippen molar-refractivity contribution in [2.75, 3.05) is 0 Å². The third-order valence-corrected chi connectivity index (χ3v) is 3.73. The largest absolute Gasteiger partial charge is 0.144 e. The first-order chi connectivity index (χ1) is 6.27. The van der Waals surface area contributed by atoms with Crippen LogP contribution in [-0.2, 0) is 0 Å². The van der Waals surface area contributed by atoms with E-state index in [1.165, 1.54) is 15.7 Å². The summed E-state index contributed by atoms with van der Waals surface area (Å²) in [7, 11) is 0. The Kier molecular flexibility index (Phi) is 2.34. The van der Waals surface area contributed by atoms with Gasteiger partial charge in [-0.15, -0.1) is 22.7 Å². The van der Waals surface area contributed by atoms with Gasteiger partial charge in [-0.1, -0.05) is 6.58 Å². The van der Waals surface area contributed by atoms with Gasteiger partial charge in [0.25, 0.3) is 0 Å². The van der Waals surface area contributed by atoms with Gasteiger partial charge in [0.1, 0.15) is 0 Å². The van der Waals surface area contributed by atoms with E-state index in [1.54, 1.807) is 22.7 Å². The molecule has 2 heteroatoms. The minimum atomic E-state index is 1.15. The van der Waals surface area contributed by atoms with Crippen LogP contribution in [-0.4, -0.2) is 0 Å². The minimum absolute atomic E-state index is 1.15. The van der Waals surface area contributed by atoms with Crippen LogP contribution in [0, 0.1) is 6.92 Å². The molecule has 13 heavy (non-hydrogen) atoms.